The SMILES string of the molecule is Cn1ncnc1N1CCCC1c1cccnc1. The third kappa shape index (κ3) is 1.77. The normalized spacial score (nSPS) is 19.8. The smallest absolute Gasteiger partial charge is 0.224 e. The Morgan fingerprint density at radius 2 is 2.35 bits per heavy atom. The molecule has 0 aromatic carbocycles. The van der Waals surface area contributed by atoms with E-state index in [9.17, 15) is 0 Å². The molecule has 3 heterocycles. The maximum absolute atomic E-state index is 4.33. The highest BCUT2D eigenvalue weighted by atomic mass is 15.4. The minimum absolute atomic E-state index is 0.381. The summed E-state index contributed by atoms with van der Waals surface area (Å²) in [5.41, 5.74) is 1.26. The molecule has 5 nitrogen and oxygen atoms in total. The zero-order valence-corrected chi connectivity index (χ0v) is 9.82. The summed E-state index contributed by atoms with van der Waals surface area (Å²) in [6, 6.07) is 4.50. The largest absolute Gasteiger partial charge is 0.334 e. The molecule has 3 rings (SSSR count). The van der Waals surface area contributed by atoms with E-state index in [4.69, 9.17) is 0 Å². The van der Waals surface area contributed by atoms with Crippen molar-refractivity contribution in [1.82, 2.24) is 19.7 Å². The maximum atomic E-state index is 4.33. The van der Waals surface area contributed by atoms with Crippen molar-refractivity contribution in [2.24, 2.45) is 7.05 Å². The van der Waals surface area contributed by atoms with Crippen LogP contribution in [0.2, 0.25) is 0 Å². The van der Waals surface area contributed by atoms with Gasteiger partial charge in [-0.3, -0.25) is 4.98 Å². The van der Waals surface area contributed by atoms with E-state index in [1.165, 1.54) is 12.0 Å². The van der Waals surface area contributed by atoms with E-state index in [0.717, 1.165) is 18.9 Å². The Labute approximate surface area is 100 Å². The van der Waals surface area contributed by atoms with Crippen LogP contribution in [0.5, 0.6) is 0 Å². The third-order valence-corrected chi connectivity index (χ3v) is 3.27. The van der Waals surface area contributed by atoms with Gasteiger partial charge in [-0.1, -0.05) is 6.07 Å². The molecule has 0 N–H and O–H groups in total. The van der Waals surface area contributed by atoms with Crippen molar-refractivity contribution in [2.75, 3.05) is 11.4 Å². The summed E-state index contributed by atoms with van der Waals surface area (Å²) < 4.78 is 1.83. The second kappa shape index (κ2) is 4.16. The molecule has 0 spiro atoms. The van der Waals surface area contributed by atoms with Gasteiger partial charge in [-0.15, -0.1) is 0 Å². The molecule has 0 amide bonds. The van der Waals surface area contributed by atoms with Crippen LogP contribution in [0.25, 0.3) is 0 Å². The first-order chi connectivity index (χ1) is 8.36. The molecule has 0 bridgehead atoms. The standard InChI is InChI=1S/C12H15N5/c1-16-12(14-9-15-16)17-7-3-5-11(17)10-4-2-6-13-8-10/h2,4,6,8-9,11H,3,5,7H2,1H3. The Bertz CT molecular complexity index is 493. The van der Waals surface area contributed by atoms with Crippen molar-refractivity contribution < 1.29 is 0 Å². The minimum atomic E-state index is 0.381. The van der Waals surface area contributed by atoms with Crippen LogP contribution in [0.4, 0.5) is 5.95 Å². The quantitative estimate of drug-likeness (QED) is 0.784. The summed E-state index contributed by atoms with van der Waals surface area (Å²) in [4.78, 5) is 10.8. The fraction of sp³-hybridized carbons (Fsp3) is 0.417. The molecule has 1 saturated heterocycles. The average Bonchev–Trinajstić information content (AvgIpc) is 2.98. The molecule has 1 atom stereocenters. The number of pyridine rings is 1. The summed E-state index contributed by atoms with van der Waals surface area (Å²) in [6.45, 7) is 1.03. The van der Waals surface area contributed by atoms with E-state index >= 15 is 0 Å². The van der Waals surface area contributed by atoms with E-state index in [1.807, 2.05) is 30.2 Å². The van der Waals surface area contributed by atoms with Gasteiger partial charge in [-0.25, -0.2) is 4.68 Å². The molecule has 2 aromatic rings. The fourth-order valence-electron chi connectivity index (χ4n) is 2.48. The molecular weight excluding hydrogens is 214 g/mol. The van der Waals surface area contributed by atoms with Crippen LogP contribution < -0.4 is 4.90 Å². The van der Waals surface area contributed by atoms with E-state index < -0.39 is 0 Å². The Morgan fingerprint density at radius 3 is 3.06 bits per heavy atom. The maximum Gasteiger partial charge on any atom is 0.224 e. The van der Waals surface area contributed by atoms with Crippen LogP contribution in [-0.4, -0.2) is 26.3 Å². The number of anilines is 1. The molecular formula is C12H15N5. The van der Waals surface area contributed by atoms with Gasteiger partial charge in [0.15, 0.2) is 0 Å². The highest BCUT2D eigenvalue weighted by Crippen LogP contribution is 2.34. The van der Waals surface area contributed by atoms with Crippen LogP contribution in [0.3, 0.4) is 0 Å². The third-order valence-electron chi connectivity index (χ3n) is 3.27. The Kier molecular flexibility index (Phi) is 2.51. The number of hydrogen-bond donors (Lipinski definition) is 0. The molecule has 2 aromatic heterocycles. The monoisotopic (exact) mass is 229 g/mol. The van der Waals surface area contributed by atoms with Crippen molar-refractivity contribution in [1.29, 1.82) is 0 Å². The first kappa shape index (κ1) is 10.3. The summed E-state index contributed by atoms with van der Waals surface area (Å²) >= 11 is 0. The van der Waals surface area contributed by atoms with Crippen LogP contribution >= 0.6 is 0 Å². The van der Waals surface area contributed by atoms with Crippen molar-refractivity contribution in [3.05, 3.63) is 36.4 Å². The van der Waals surface area contributed by atoms with Crippen LogP contribution in [-0.2, 0) is 7.05 Å². The summed E-state index contributed by atoms with van der Waals surface area (Å²) in [5.74, 6) is 0.941. The van der Waals surface area contributed by atoms with E-state index in [0.29, 0.717) is 6.04 Å². The minimum Gasteiger partial charge on any atom is -0.334 e. The average molecular weight is 229 g/mol. The van der Waals surface area contributed by atoms with Crippen LogP contribution in [0.15, 0.2) is 30.9 Å². The summed E-state index contributed by atoms with van der Waals surface area (Å²) in [7, 11) is 1.93. The van der Waals surface area contributed by atoms with Crippen molar-refractivity contribution in [2.45, 2.75) is 18.9 Å². The van der Waals surface area contributed by atoms with Gasteiger partial charge >= 0.3 is 0 Å². The van der Waals surface area contributed by atoms with E-state index in [2.05, 4.69) is 26.0 Å². The number of nitrogens with zero attached hydrogens (tertiary/aromatic N) is 5. The highest BCUT2D eigenvalue weighted by Gasteiger charge is 2.28. The predicted molar refractivity (Wildman–Crippen MR) is 64.6 cm³/mol. The number of hydrogen-bond acceptors (Lipinski definition) is 4. The van der Waals surface area contributed by atoms with Gasteiger partial charge < -0.3 is 4.90 Å². The van der Waals surface area contributed by atoms with Gasteiger partial charge in [0.1, 0.15) is 6.33 Å². The van der Waals surface area contributed by atoms with Gasteiger partial charge in [0.2, 0.25) is 5.95 Å². The second-order valence-corrected chi connectivity index (χ2v) is 4.32. The van der Waals surface area contributed by atoms with Gasteiger partial charge in [-0.2, -0.15) is 10.1 Å². The number of aromatic nitrogens is 4. The van der Waals surface area contributed by atoms with Crippen molar-refractivity contribution in [3.8, 4) is 0 Å². The van der Waals surface area contributed by atoms with Crippen molar-refractivity contribution in [3.63, 3.8) is 0 Å². The topological polar surface area (TPSA) is 46.8 Å². The number of rotatable bonds is 2. The molecule has 0 aliphatic carbocycles. The van der Waals surface area contributed by atoms with Gasteiger partial charge in [-0.05, 0) is 24.5 Å². The molecule has 17 heavy (non-hydrogen) atoms. The lowest BCUT2D eigenvalue weighted by atomic mass is 10.1. The Morgan fingerprint density at radius 1 is 1.41 bits per heavy atom. The Balaban J connectivity index is 1.93. The first-order valence-electron chi connectivity index (χ1n) is 5.87. The van der Waals surface area contributed by atoms with Crippen LogP contribution in [0.1, 0.15) is 24.4 Å². The molecule has 1 fully saturated rings. The molecule has 1 aliphatic rings. The first-order valence-corrected chi connectivity index (χ1v) is 5.87. The zero-order chi connectivity index (χ0) is 11.7. The fourth-order valence-corrected chi connectivity index (χ4v) is 2.48. The lowest BCUT2D eigenvalue weighted by molar-refractivity contribution is 0.662. The predicted octanol–water partition coefficient (Wildman–Crippen LogP) is 1.55. The molecule has 0 saturated carbocycles. The molecule has 0 radical (unpaired) electrons. The second-order valence-electron chi connectivity index (χ2n) is 4.32. The lowest BCUT2D eigenvalue weighted by Crippen LogP contribution is -2.25. The van der Waals surface area contributed by atoms with Gasteiger partial charge in [0.25, 0.3) is 0 Å². The summed E-state index contributed by atoms with van der Waals surface area (Å²) in [5, 5.41) is 4.14. The summed E-state index contributed by atoms with van der Waals surface area (Å²) in [6.07, 6.45) is 7.70. The van der Waals surface area contributed by atoms with Gasteiger partial charge in [0.05, 0.1) is 6.04 Å². The van der Waals surface area contributed by atoms with Gasteiger partial charge in [0, 0.05) is 26.0 Å². The van der Waals surface area contributed by atoms with E-state index in [-0.39, 0.29) is 0 Å². The molecule has 1 aliphatic heterocycles. The van der Waals surface area contributed by atoms with E-state index in [1.54, 1.807) is 6.33 Å². The molecule has 1 unspecified atom stereocenters. The zero-order valence-electron chi connectivity index (χ0n) is 9.82. The van der Waals surface area contributed by atoms with Crippen LogP contribution in [0, 0.1) is 0 Å². The molecule has 5 heteroatoms. The highest BCUT2D eigenvalue weighted by molar-refractivity contribution is 5.37. The lowest BCUT2D eigenvalue weighted by Gasteiger charge is -2.24. The Hall–Kier alpha value is -1.91. The molecule has 88 valence electrons. The van der Waals surface area contributed by atoms with Crippen molar-refractivity contribution >= 4 is 5.95 Å². The number of aryl methyl sites for hydroxylation is 1.